The van der Waals surface area contributed by atoms with Gasteiger partial charge in [0.15, 0.2) is 0 Å². The van der Waals surface area contributed by atoms with E-state index in [0.717, 1.165) is 70.6 Å². The highest BCUT2D eigenvalue weighted by atomic mass is 32.2. The van der Waals surface area contributed by atoms with E-state index in [1.807, 2.05) is 25.1 Å². The molecule has 2 N–H and O–H groups in total. The Kier molecular flexibility index (Phi) is 7.63. The summed E-state index contributed by atoms with van der Waals surface area (Å²) in [6.07, 6.45) is 8.22. The number of fused-ring (bicyclic) bond motifs is 9. The van der Waals surface area contributed by atoms with E-state index in [9.17, 15) is 18.3 Å². The summed E-state index contributed by atoms with van der Waals surface area (Å²) in [5.74, 6) is -0.0581. The summed E-state index contributed by atoms with van der Waals surface area (Å²) in [5, 5.41) is 12.0. The molecule has 4 atom stereocenters. The van der Waals surface area contributed by atoms with E-state index in [1.54, 1.807) is 23.5 Å². The van der Waals surface area contributed by atoms with Crippen molar-refractivity contribution in [3.63, 3.8) is 0 Å². The Bertz CT molecular complexity index is 2070. The molecule has 4 fully saturated rings. The van der Waals surface area contributed by atoms with Crippen molar-refractivity contribution >= 4 is 37.0 Å². The third-order valence-electron chi connectivity index (χ3n) is 12.1. The van der Waals surface area contributed by atoms with Gasteiger partial charge in [0, 0.05) is 60.7 Å². The minimum atomic E-state index is -4.02. The van der Waals surface area contributed by atoms with Crippen LogP contribution in [0.2, 0.25) is 0 Å². The first-order valence-corrected chi connectivity index (χ1v) is 20.4. The number of sulfonamides is 1. The average Bonchev–Trinajstić information content (AvgIpc) is 3.64. The number of nitrogens with zero attached hydrogens (tertiary/aromatic N) is 3. The van der Waals surface area contributed by atoms with Crippen LogP contribution in [0.1, 0.15) is 104 Å². The maximum atomic E-state index is 15.2. The van der Waals surface area contributed by atoms with Crippen molar-refractivity contribution in [3.8, 4) is 17.0 Å². The first-order chi connectivity index (χ1) is 23.2. The van der Waals surface area contributed by atoms with Crippen molar-refractivity contribution < 1.29 is 31.5 Å². The zero-order valence-corrected chi connectivity index (χ0v) is 30.2. The number of aromatic nitrogens is 1. The zero-order chi connectivity index (χ0) is 34.7. The fourth-order valence-corrected chi connectivity index (χ4v) is 13.0. The third kappa shape index (κ3) is 5.09. The number of rotatable bonds is 7. The molecule has 11 nitrogen and oxygen atoms in total. The van der Waals surface area contributed by atoms with Crippen molar-refractivity contribution in [3.05, 3.63) is 53.1 Å². The molecule has 13 heteroatoms. The Morgan fingerprint density at radius 2 is 1.65 bits per heavy atom. The number of hydrogen-bond donors (Lipinski definition) is 2. The molecule has 4 unspecified atom stereocenters. The number of amides is 1. The molecule has 4 heterocycles. The van der Waals surface area contributed by atoms with Gasteiger partial charge in [-0.1, -0.05) is 25.3 Å². The second-order valence-corrected chi connectivity index (χ2v) is 19.6. The van der Waals surface area contributed by atoms with E-state index in [4.69, 9.17) is 4.74 Å². The first kappa shape index (κ1) is 33.2. The van der Waals surface area contributed by atoms with Gasteiger partial charge in [-0.05, 0) is 99.2 Å². The molecule has 1 amide bonds. The number of carbonyl (C=O) groups is 1. The maximum absolute atomic E-state index is 15.2. The van der Waals surface area contributed by atoms with Gasteiger partial charge in [-0.15, -0.1) is 0 Å². The fourth-order valence-electron chi connectivity index (χ4n) is 9.73. The molecule has 3 aliphatic heterocycles. The van der Waals surface area contributed by atoms with Gasteiger partial charge in [0.2, 0.25) is 10.0 Å². The van der Waals surface area contributed by atoms with Gasteiger partial charge < -0.3 is 14.4 Å². The predicted molar refractivity (Wildman–Crippen MR) is 187 cm³/mol. The number of nitrogens with one attached hydrogen (secondary N) is 1. The summed E-state index contributed by atoms with van der Waals surface area (Å²) >= 11 is 0. The van der Waals surface area contributed by atoms with Crippen LogP contribution in [-0.4, -0.2) is 84.7 Å². The van der Waals surface area contributed by atoms with Gasteiger partial charge in [0.25, 0.3) is 5.91 Å². The van der Waals surface area contributed by atoms with Crippen LogP contribution in [-0.2, 0) is 26.8 Å². The fraction of sp³-hybridized carbons (Fsp3) is 0.583. The smallest absolute Gasteiger partial charge is 0.303 e. The second kappa shape index (κ2) is 11.3. The lowest BCUT2D eigenvalue weighted by atomic mass is 9.81. The monoisotopic (exact) mass is 710 g/mol. The molecule has 49 heavy (non-hydrogen) atoms. The van der Waals surface area contributed by atoms with Crippen molar-refractivity contribution in [2.75, 3.05) is 21.2 Å². The molecular formula is C36H46N4O7S2. The standard InChI is InChI=1S/C36H46N4O7S2/c1-35(42)18-24-11-12-25(19-35)40(24)48(43,44)36-20-30(36)29-17-26(47-4)13-15-27(29)33-32(22-8-6-5-7-9-22)28-14-10-23(16-31(28)39(33)21-36)34(41)37-49(45,46)38(2)3/h10,13-17,22,24-25,30,42H,5-9,11-12,18-21H2,1-4H3,(H,37,41). The van der Waals surface area contributed by atoms with Gasteiger partial charge in [-0.25, -0.2) is 13.1 Å². The van der Waals surface area contributed by atoms with Crippen LogP contribution in [0.5, 0.6) is 5.75 Å². The maximum Gasteiger partial charge on any atom is 0.303 e. The van der Waals surface area contributed by atoms with Crippen LogP contribution in [0, 0.1) is 0 Å². The first-order valence-electron chi connectivity index (χ1n) is 17.5. The number of hydrogen-bond acceptors (Lipinski definition) is 7. The highest BCUT2D eigenvalue weighted by Crippen LogP contribution is 2.65. The molecule has 3 aromatic rings. The average molecular weight is 711 g/mol. The molecule has 5 aliphatic rings. The Hall–Kier alpha value is -2.97. The minimum absolute atomic E-state index is 0.188. The molecule has 0 radical (unpaired) electrons. The lowest BCUT2D eigenvalue weighted by Crippen LogP contribution is -2.55. The summed E-state index contributed by atoms with van der Waals surface area (Å²) in [7, 11) is -3.56. The molecule has 264 valence electrons. The summed E-state index contributed by atoms with van der Waals surface area (Å²) in [6.45, 7) is 2.03. The lowest BCUT2D eigenvalue weighted by molar-refractivity contribution is -0.0135. The van der Waals surface area contributed by atoms with Crippen LogP contribution in [0.3, 0.4) is 0 Å². The number of benzene rings is 2. The minimum Gasteiger partial charge on any atom is -0.497 e. The van der Waals surface area contributed by atoms with Gasteiger partial charge in [-0.2, -0.15) is 17.0 Å². The number of ether oxygens (including phenoxy) is 1. The second-order valence-electron chi connectivity index (χ2n) is 15.5. The van der Waals surface area contributed by atoms with Crippen LogP contribution in [0.25, 0.3) is 22.2 Å². The van der Waals surface area contributed by atoms with Crippen LogP contribution >= 0.6 is 0 Å². The summed E-state index contributed by atoms with van der Waals surface area (Å²) in [6, 6.07) is 10.9. The highest BCUT2D eigenvalue weighted by molar-refractivity contribution is 7.91. The highest BCUT2D eigenvalue weighted by Gasteiger charge is 2.70. The Labute approximate surface area is 288 Å². The molecular weight excluding hydrogens is 665 g/mol. The summed E-state index contributed by atoms with van der Waals surface area (Å²) in [5.41, 5.74) is 4.15. The van der Waals surface area contributed by atoms with E-state index in [0.29, 0.717) is 25.0 Å². The molecule has 2 saturated carbocycles. The van der Waals surface area contributed by atoms with Crippen molar-refractivity contribution in [1.29, 1.82) is 0 Å². The summed E-state index contributed by atoms with van der Waals surface area (Å²) in [4.78, 5) is 13.4. The van der Waals surface area contributed by atoms with Crippen LogP contribution in [0.4, 0.5) is 0 Å². The zero-order valence-electron chi connectivity index (χ0n) is 28.6. The Morgan fingerprint density at radius 3 is 2.31 bits per heavy atom. The molecule has 8 rings (SSSR count). The molecule has 2 bridgehead atoms. The van der Waals surface area contributed by atoms with Crippen molar-refractivity contribution in [2.24, 2.45) is 0 Å². The SMILES string of the molecule is COc1ccc2c(c1)C1CC1(S(=O)(=O)N1C3CCC1CC(C)(O)C3)Cn1c-2c(C2CCCCC2)c2ccc(C(=O)NS(=O)(=O)N(C)C)cc21. The lowest BCUT2D eigenvalue weighted by Gasteiger charge is -2.43. The van der Waals surface area contributed by atoms with E-state index < -0.39 is 36.5 Å². The molecule has 2 aliphatic carbocycles. The van der Waals surface area contributed by atoms with E-state index >= 15 is 8.42 Å². The predicted octanol–water partition coefficient (Wildman–Crippen LogP) is 4.85. The van der Waals surface area contributed by atoms with Gasteiger partial charge in [-0.3, -0.25) is 4.79 Å². The topological polar surface area (TPSA) is 138 Å². The number of aliphatic hydroxyl groups is 1. The van der Waals surface area contributed by atoms with Crippen LogP contribution in [0.15, 0.2) is 36.4 Å². The van der Waals surface area contributed by atoms with E-state index in [2.05, 4.69) is 15.4 Å². The Morgan fingerprint density at radius 1 is 0.959 bits per heavy atom. The number of carbonyl (C=O) groups excluding carboxylic acids is 1. The number of piperidine rings is 1. The van der Waals surface area contributed by atoms with Gasteiger partial charge in [0.1, 0.15) is 10.5 Å². The quantitative estimate of drug-likeness (QED) is 0.358. The van der Waals surface area contributed by atoms with Gasteiger partial charge in [0.05, 0.1) is 18.4 Å². The molecule has 0 spiro atoms. The van der Waals surface area contributed by atoms with Gasteiger partial charge >= 0.3 is 10.2 Å². The Balaban J connectivity index is 1.34. The number of methoxy groups -OCH3 is 1. The van der Waals surface area contributed by atoms with Crippen molar-refractivity contribution in [1.82, 2.24) is 17.9 Å². The normalized spacial score (nSPS) is 30.0. The molecule has 2 aromatic carbocycles. The third-order valence-corrected chi connectivity index (χ3v) is 16.3. The largest absolute Gasteiger partial charge is 0.497 e. The van der Waals surface area contributed by atoms with E-state index in [1.165, 1.54) is 26.1 Å². The molecule has 1 aromatic heterocycles. The summed E-state index contributed by atoms with van der Waals surface area (Å²) < 4.78 is 67.2. The van der Waals surface area contributed by atoms with Crippen LogP contribution < -0.4 is 9.46 Å². The molecule has 2 saturated heterocycles. The van der Waals surface area contributed by atoms with Crippen molar-refractivity contribution in [2.45, 2.75) is 112 Å². The van der Waals surface area contributed by atoms with E-state index in [-0.39, 0.29) is 36.0 Å².